The van der Waals surface area contributed by atoms with Crippen LogP contribution < -0.4 is 10.6 Å². The highest BCUT2D eigenvalue weighted by molar-refractivity contribution is 5.99. The van der Waals surface area contributed by atoms with Gasteiger partial charge in [0, 0.05) is 17.4 Å². The van der Waals surface area contributed by atoms with Crippen molar-refractivity contribution in [3.05, 3.63) is 59.7 Å². The fraction of sp³-hybridized carbons (Fsp3) is 0.0667. The van der Waals surface area contributed by atoms with E-state index in [0.717, 1.165) is 17.7 Å². The van der Waals surface area contributed by atoms with Gasteiger partial charge in [0.15, 0.2) is 11.6 Å². The summed E-state index contributed by atoms with van der Waals surface area (Å²) in [5.74, 6) is -2.01. The molecule has 0 heterocycles. The first-order valence-corrected chi connectivity index (χ1v) is 6.07. The number of nitrogens with zero attached hydrogens (tertiary/aromatic N) is 1. The zero-order valence-corrected chi connectivity index (χ0v) is 10.9. The Bertz CT molecular complexity index is 693. The van der Waals surface area contributed by atoms with E-state index in [1.165, 1.54) is 6.07 Å². The van der Waals surface area contributed by atoms with Crippen LogP contribution in [0, 0.1) is 23.0 Å². The molecule has 4 nitrogen and oxygen atoms in total. The first-order valence-electron chi connectivity index (χ1n) is 6.07. The van der Waals surface area contributed by atoms with Crippen molar-refractivity contribution >= 4 is 17.4 Å². The van der Waals surface area contributed by atoms with Crippen molar-refractivity contribution < 1.29 is 13.6 Å². The molecule has 0 unspecified atom stereocenters. The number of rotatable bonds is 3. The molecule has 106 valence electrons. The number of carbonyl (C=O) groups excluding carboxylic acids is 1. The van der Waals surface area contributed by atoms with Crippen LogP contribution in [0.15, 0.2) is 42.5 Å². The fourth-order valence-corrected chi connectivity index (χ4v) is 1.66. The average Bonchev–Trinajstić information content (AvgIpc) is 2.45. The molecule has 0 aromatic heterocycles. The Labute approximate surface area is 120 Å². The van der Waals surface area contributed by atoms with Crippen molar-refractivity contribution in [3.8, 4) is 6.07 Å². The average molecular weight is 287 g/mol. The normalized spacial score (nSPS) is 9.76. The standard InChI is InChI=1S/C15H11F2N3O/c16-13-6-5-12(9-14(13)17)20-15(21)19-11-3-1-10(2-4-11)7-8-18/h1-6,9H,7H2,(H2,19,20,21). The minimum atomic E-state index is -1.03. The SMILES string of the molecule is N#CCc1ccc(NC(=O)Nc2ccc(F)c(F)c2)cc1. The highest BCUT2D eigenvalue weighted by Crippen LogP contribution is 2.14. The number of hydrogen-bond acceptors (Lipinski definition) is 2. The molecule has 0 saturated carbocycles. The minimum absolute atomic E-state index is 0.146. The minimum Gasteiger partial charge on any atom is -0.308 e. The maximum atomic E-state index is 13.0. The lowest BCUT2D eigenvalue weighted by Gasteiger charge is -2.08. The smallest absolute Gasteiger partial charge is 0.308 e. The van der Waals surface area contributed by atoms with E-state index < -0.39 is 17.7 Å². The molecule has 2 amide bonds. The van der Waals surface area contributed by atoms with E-state index in [2.05, 4.69) is 10.6 Å². The number of benzene rings is 2. The topological polar surface area (TPSA) is 64.9 Å². The fourth-order valence-electron chi connectivity index (χ4n) is 1.66. The molecule has 2 aromatic rings. The lowest BCUT2D eigenvalue weighted by Crippen LogP contribution is -2.19. The molecule has 0 fully saturated rings. The van der Waals surface area contributed by atoms with Crippen LogP contribution in [-0.4, -0.2) is 6.03 Å². The van der Waals surface area contributed by atoms with Gasteiger partial charge in [-0.3, -0.25) is 0 Å². The van der Waals surface area contributed by atoms with Gasteiger partial charge in [-0.05, 0) is 29.8 Å². The van der Waals surface area contributed by atoms with Crippen LogP contribution in [0.1, 0.15) is 5.56 Å². The lowest BCUT2D eigenvalue weighted by atomic mass is 10.1. The van der Waals surface area contributed by atoms with Gasteiger partial charge >= 0.3 is 6.03 Å². The number of halogens is 2. The van der Waals surface area contributed by atoms with Gasteiger partial charge in [-0.1, -0.05) is 12.1 Å². The molecule has 0 saturated heterocycles. The zero-order valence-electron chi connectivity index (χ0n) is 10.9. The highest BCUT2D eigenvalue weighted by atomic mass is 19.2. The Morgan fingerprint density at radius 3 is 2.24 bits per heavy atom. The van der Waals surface area contributed by atoms with Gasteiger partial charge < -0.3 is 10.6 Å². The van der Waals surface area contributed by atoms with Gasteiger partial charge in [0.2, 0.25) is 0 Å². The van der Waals surface area contributed by atoms with Gasteiger partial charge in [-0.15, -0.1) is 0 Å². The Morgan fingerprint density at radius 1 is 1.00 bits per heavy atom. The van der Waals surface area contributed by atoms with E-state index in [4.69, 9.17) is 5.26 Å². The molecule has 0 atom stereocenters. The van der Waals surface area contributed by atoms with Crippen LogP contribution in [0.4, 0.5) is 25.0 Å². The van der Waals surface area contributed by atoms with E-state index in [1.54, 1.807) is 24.3 Å². The summed E-state index contributed by atoms with van der Waals surface area (Å²) in [4.78, 5) is 11.7. The van der Waals surface area contributed by atoms with Crippen molar-refractivity contribution in [2.24, 2.45) is 0 Å². The van der Waals surface area contributed by atoms with Crippen LogP contribution in [0.3, 0.4) is 0 Å². The monoisotopic (exact) mass is 287 g/mol. The molecule has 2 N–H and O–H groups in total. The third-order valence-corrected chi connectivity index (χ3v) is 2.67. The molecule has 0 spiro atoms. The van der Waals surface area contributed by atoms with Gasteiger partial charge in [-0.25, -0.2) is 13.6 Å². The van der Waals surface area contributed by atoms with E-state index in [0.29, 0.717) is 12.1 Å². The molecule has 0 aliphatic carbocycles. The van der Waals surface area contributed by atoms with E-state index in [1.807, 2.05) is 6.07 Å². The molecule has 6 heteroatoms. The van der Waals surface area contributed by atoms with Gasteiger partial charge in [0.1, 0.15) is 0 Å². The van der Waals surface area contributed by atoms with E-state index in [9.17, 15) is 13.6 Å². The summed E-state index contributed by atoms with van der Waals surface area (Å²) in [7, 11) is 0. The molecule has 2 rings (SSSR count). The predicted octanol–water partition coefficient (Wildman–Crippen LogP) is 3.67. The number of hydrogen-bond donors (Lipinski definition) is 2. The van der Waals surface area contributed by atoms with Crippen LogP contribution in [-0.2, 0) is 6.42 Å². The number of urea groups is 1. The third kappa shape index (κ3) is 4.01. The van der Waals surface area contributed by atoms with Crippen molar-refractivity contribution in [1.82, 2.24) is 0 Å². The summed E-state index contributed by atoms with van der Waals surface area (Å²) in [6, 6.07) is 11.3. The van der Waals surface area contributed by atoms with Crippen LogP contribution in [0.25, 0.3) is 0 Å². The van der Waals surface area contributed by atoms with Crippen molar-refractivity contribution in [3.63, 3.8) is 0 Å². The zero-order chi connectivity index (χ0) is 15.2. The summed E-state index contributed by atoms with van der Waals surface area (Å²) in [6.45, 7) is 0. The summed E-state index contributed by atoms with van der Waals surface area (Å²) in [6.07, 6.45) is 0.293. The Balaban J connectivity index is 1.98. The molecule has 2 aromatic carbocycles. The van der Waals surface area contributed by atoms with Crippen molar-refractivity contribution in [2.75, 3.05) is 10.6 Å². The summed E-state index contributed by atoms with van der Waals surface area (Å²) < 4.78 is 25.8. The molecule has 0 aliphatic heterocycles. The summed E-state index contributed by atoms with van der Waals surface area (Å²) >= 11 is 0. The number of amides is 2. The Kier molecular flexibility index (Phi) is 4.46. The molecule has 0 bridgehead atoms. The quantitative estimate of drug-likeness (QED) is 0.904. The van der Waals surface area contributed by atoms with Crippen LogP contribution in [0.5, 0.6) is 0 Å². The second kappa shape index (κ2) is 6.48. The lowest BCUT2D eigenvalue weighted by molar-refractivity contribution is 0.262. The largest absolute Gasteiger partial charge is 0.323 e. The summed E-state index contributed by atoms with van der Waals surface area (Å²) in [5, 5.41) is 13.5. The molecule has 0 aliphatic rings. The highest BCUT2D eigenvalue weighted by Gasteiger charge is 2.06. The first-order chi connectivity index (χ1) is 10.1. The third-order valence-electron chi connectivity index (χ3n) is 2.67. The predicted molar refractivity (Wildman–Crippen MR) is 74.8 cm³/mol. The Morgan fingerprint density at radius 2 is 1.62 bits per heavy atom. The number of nitrogens with one attached hydrogen (secondary N) is 2. The van der Waals surface area contributed by atoms with E-state index >= 15 is 0 Å². The second-order valence-corrected chi connectivity index (χ2v) is 4.24. The van der Waals surface area contributed by atoms with Crippen molar-refractivity contribution in [1.29, 1.82) is 5.26 Å². The number of anilines is 2. The van der Waals surface area contributed by atoms with E-state index in [-0.39, 0.29) is 5.69 Å². The molecular formula is C15H11F2N3O. The number of carbonyl (C=O) groups is 1. The van der Waals surface area contributed by atoms with Gasteiger partial charge in [0.05, 0.1) is 12.5 Å². The summed E-state index contributed by atoms with van der Waals surface area (Å²) in [5.41, 5.74) is 1.51. The number of nitriles is 1. The maximum absolute atomic E-state index is 13.0. The van der Waals surface area contributed by atoms with Gasteiger partial charge in [0.25, 0.3) is 0 Å². The molecular weight excluding hydrogens is 276 g/mol. The first kappa shape index (κ1) is 14.5. The van der Waals surface area contributed by atoms with Crippen LogP contribution in [0.2, 0.25) is 0 Å². The van der Waals surface area contributed by atoms with Gasteiger partial charge in [-0.2, -0.15) is 5.26 Å². The van der Waals surface area contributed by atoms with Crippen molar-refractivity contribution in [2.45, 2.75) is 6.42 Å². The Hall–Kier alpha value is -2.94. The molecule has 21 heavy (non-hydrogen) atoms. The molecule has 0 radical (unpaired) electrons. The van der Waals surface area contributed by atoms with Crippen LogP contribution >= 0.6 is 0 Å². The second-order valence-electron chi connectivity index (χ2n) is 4.24. The maximum Gasteiger partial charge on any atom is 0.323 e.